The number of ether oxygens (including phenoxy) is 1. The van der Waals surface area contributed by atoms with Gasteiger partial charge >= 0.3 is 12.4 Å². The Bertz CT molecular complexity index is 1270. The van der Waals surface area contributed by atoms with Crippen LogP contribution in [0.15, 0.2) is 67.1 Å². The molecule has 4 rings (SSSR count). The molecule has 3 aromatic rings. The summed E-state index contributed by atoms with van der Waals surface area (Å²) in [5, 5.41) is 0. The van der Waals surface area contributed by atoms with Gasteiger partial charge in [-0.2, -0.15) is 26.3 Å². The first-order valence-corrected chi connectivity index (χ1v) is 10.4. The van der Waals surface area contributed by atoms with Crippen molar-refractivity contribution < 1.29 is 35.9 Å². The molecule has 0 N–H and O–H groups in total. The highest BCUT2D eigenvalue weighted by Gasteiger charge is 2.37. The normalized spacial score (nSPS) is 15.2. The van der Waals surface area contributed by atoms with Crippen molar-refractivity contribution in [1.29, 1.82) is 0 Å². The first kappa shape index (κ1) is 24.3. The summed E-state index contributed by atoms with van der Waals surface area (Å²) in [6, 6.07) is 10.1. The summed E-state index contributed by atoms with van der Waals surface area (Å²) in [6.07, 6.45) is -5.81. The van der Waals surface area contributed by atoms with Gasteiger partial charge in [-0.15, -0.1) is 0 Å². The first-order chi connectivity index (χ1) is 16.4. The number of hydrogen-bond acceptors (Lipinski definition) is 3. The number of nitrogens with zero attached hydrogens (tertiary/aromatic N) is 2. The molecule has 1 amide bonds. The molecule has 0 saturated heterocycles. The van der Waals surface area contributed by atoms with Gasteiger partial charge in [-0.3, -0.25) is 4.79 Å². The number of rotatable bonds is 3. The Morgan fingerprint density at radius 1 is 0.943 bits per heavy atom. The van der Waals surface area contributed by atoms with Crippen LogP contribution in [0, 0.1) is 6.92 Å². The van der Waals surface area contributed by atoms with E-state index in [1.807, 2.05) is 19.1 Å². The molecule has 0 aliphatic carbocycles. The van der Waals surface area contributed by atoms with Gasteiger partial charge < -0.3 is 9.64 Å². The quantitative estimate of drug-likeness (QED) is 0.385. The van der Waals surface area contributed by atoms with Gasteiger partial charge in [0, 0.05) is 24.8 Å². The molecular weight excluding hydrogens is 474 g/mol. The third-order valence-electron chi connectivity index (χ3n) is 5.48. The molecule has 0 spiro atoms. The summed E-state index contributed by atoms with van der Waals surface area (Å²) >= 11 is 0. The van der Waals surface area contributed by atoms with Crippen molar-refractivity contribution in [1.82, 2.24) is 9.88 Å². The molecule has 10 heteroatoms. The number of carbonyl (C=O) groups is 1. The topological polar surface area (TPSA) is 42.4 Å². The van der Waals surface area contributed by atoms with Crippen LogP contribution >= 0.6 is 0 Å². The maximum Gasteiger partial charge on any atom is 0.416 e. The van der Waals surface area contributed by atoms with Crippen LogP contribution in [-0.2, 0) is 18.9 Å². The molecule has 0 fully saturated rings. The number of aryl methyl sites for hydroxylation is 1. The average Bonchev–Trinajstić information content (AvgIpc) is 2.78. The van der Waals surface area contributed by atoms with Crippen molar-refractivity contribution in [2.75, 3.05) is 6.54 Å². The van der Waals surface area contributed by atoms with Gasteiger partial charge in [0.15, 0.2) is 0 Å². The number of aromatic nitrogens is 1. The van der Waals surface area contributed by atoms with E-state index in [1.54, 1.807) is 18.2 Å². The van der Waals surface area contributed by atoms with E-state index in [0.717, 1.165) is 10.5 Å². The summed E-state index contributed by atoms with van der Waals surface area (Å²) in [7, 11) is 0. The van der Waals surface area contributed by atoms with E-state index in [9.17, 15) is 31.1 Å². The number of benzene rings is 2. The van der Waals surface area contributed by atoms with E-state index < -0.39 is 35.9 Å². The van der Waals surface area contributed by atoms with E-state index in [4.69, 9.17) is 4.74 Å². The Hall–Kier alpha value is -3.82. The summed E-state index contributed by atoms with van der Waals surface area (Å²) in [5.41, 5.74) is -1.07. The van der Waals surface area contributed by atoms with Crippen LogP contribution in [0.5, 0.6) is 5.88 Å². The van der Waals surface area contributed by atoms with Crippen molar-refractivity contribution in [3.05, 3.63) is 94.9 Å². The van der Waals surface area contributed by atoms with E-state index in [1.165, 1.54) is 18.5 Å². The highest BCUT2D eigenvalue weighted by molar-refractivity contribution is 6.03. The van der Waals surface area contributed by atoms with Crippen molar-refractivity contribution in [2.24, 2.45) is 0 Å². The van der Waals surface area contributed by atoms with Crippen LogP contribution in [0.4, 0.5) is 26.3 Å². The Kier molecular flexibility index (Phi) is 6.31. The van der Waals surface area contributed by atoms with Crippen molar-refractivity contribution in [2.45, 2.75) is 25.8 Å². The number of hydrogen-bond donors (Lipinski definition) is 0. The number of carbonyl (C=O) groups excluding carboxylic acids is 1. The summed E-state index contributed by atoms with van der Waals surface area (Å²) in [4.78, 5) is 18.8. The molecule has 0 radical (unpaired) electrons. The number of amides is 1. The Morgan fingerprint density at radius 3 is 2.23 bits per heavy atom. The lowest BCUT2D eigenvalue weighted by molar-refractivity contribution is -0.143. The van der Waals surface area contributed by atoms with Crippen LogP contribution in [-0.4, -0.2) is 22.3 Å². The number of alkyl halides is 6. The second-order valence-corrected chi connectivity index (χ2v) is 7.94. The summed E-state index contributed by atoms with van der Waals surface area (Å²) in [6.45, 7) is 1.26. The lowest BCUT2D eigenvalue weighted by Crippen LogP contribution is -2.33. The highest BCUT2D eigenvalue weighted by atomic mass is 19.4. The van der Waals surface area contributed by atoms with Gasteiger partial charge in [-0.25, -0.2) is 4.98 Å². The predicted molar refractivity (Wildman–Crippen MR) is 115 cm³/mol. The molecule has 2 aromatic carbocycles. The minimum Gasteiger partial charge on any atom is -0.446 e. The van der Waals surface area contributed by atoms with Crippen LogP contribution in [0.2, 0.25) is 0 Å². The van der Waals surface area contributed by atoms with Gasteiger partial charge in [0.25, 0.3) is 5.91 Å². The van der Waals surface area contributed by atoms with Crippen LogP contribution in [0.25, 0.3) is 11.1 Å². The molecule has 0 atom stereocenters. The zero-order chi connectivity index (χ0) is 25.4. The van der Waals surface area contributed by atoms with E-state index in [0.29, 0.717) is 23.3 Å². The zero-order valence-electron chi connectivity index (χ0n) is 18.2. The van der Waals surface area contributed by atoms with Crippen molar-refractivity contribution >= 4 is 5.91 Å². The lowest BCUT2D eigenvalue weighted by Gasteiger charge is -2.26. The minimum atomic E-state index is -4.99. The molecule has 0 saturated carbocycles. The minimum absolute atomic E-state index is 0.0169. The highest BCUT2D eigenvalue weighted by Crippen LogP contribution is 2.37. The Morgan fingerprint density at radius 2 is 1.60 bits per heavy atom. The van der Waals surface area contributed by atoms with Gasteiger partial charge in [0.05, 0.1) is 17.4 Å². The van der Waals surface area contributed by atoms with Crippen LogP contribution in [0.1, 0.15) is 32.6 Å². The SMILES string of the molecule is Cc1ccccc1-c1ccnc2c1C(=O)N(Cc1cc(C(F)(F)F)cc(C(F)(F)F)c1)C/C=C\O2. The monoisotopic (exact) mass is 492 g/mol. The fourth-order valence-electron chi connectivity index (χ4n) is 3.83. The second kappa shape index (κ2) is 9.09. The predicted octanol–water partition coefficient (Wildman–Crippen LogP) is 6.64. The third-order valence-corrected chi connectivity index (χ3v) is 5.48. The smallest absolute Gasteiger partial charge is 0.416 e. The van der Waals surface area contributed by atoms with Crippen LogP contribution < -0.4 is 4.74 Å². The Labute approximate surface area is 196 Å². The zero-order valence-corrected chi connectivity index (χ0v) is 18.2. The standard InChI is InChI=1S/C25H18F6N2O2/c1-15-5-2-3-6-19(15)20-7-8-32-22-21(20)23(34)33(9-4-10-35-22)14-16-11-17(24(26,27)28)13-18(12-16)25(29,30)31/h2-8,10-13H,9,14H2,1H3/b10-4-. The maximum absolute atomic E-state index is 13.6. The fraction of sp³-hybridized carbons (Fsp3) is 0.200. The molecule has 182 valence electrons. The largest absolute Gasteiger partial charge is 0.446 e. The molecule has 35 heavy (non-hydrogen) atoms. The van der Waals surface area contributed by atoms with E-state index in [-0.39, 0.29) is 29.6 Å². The molecule has 0 unspecified atom stereocenters. The summed E-state index contributed by atoms with van der Waals surface area (Å²) in [5.74, 6) is -0.654. The van der Waals surface area contributed by atoms with Crippen LogP contribution in [0.3, 0.4) is 0 Å². The molecule has 4 nitrogen and oxygen atoms in total. The molecule has 1 aliphatic heterocycles. The van der Waals surface area contributed by atoms with E-state index in [2.05, 4.69) is 4.98 Å². The average molecular weight is 492 g/mol. The van der Waals surface area contributed by atoms with Crippen molar-refractivity contribution in [3.8, 4) is 17.0 Å². The van der Waals surface area contributed by atoms with Gasteiger partial charge in [-0.05, 0) is 54.0 Å². The first-order valence-electron chi connectivity index (χ1n) is 10.4. The van der Waals surface area contributed by atoms with Gasteiger partial charge in [-0.1, -0.05) is 24.3 Å². The molecule has 2 heterocycles. The van der Waals surface area contributed by atoms with Gasteiger partial charge in [0.2, 0.25) is 5.88 Å². The van der Waals surface area contributed by atoms with Gasteiger partial charge in [0.1, 0.15) is 5.56 Å². The number of fused-ring (bicyclic) bond motifs is 1. The number of halogens is 6. The number of pyridine rings is 1. The maximum atomic E-state index is 13.6. The van der Waals surface area contributed by atoms with Crippen molar-refractivity contribution in [3.63, 3.8) is 0 Å². The molecule has 1 aliphatic rings. The third kappa shape index (κ3) is 5.16. The molecule has 1 aromatic heterocycles. The fourth-order valence-corrected chi connectivity index (χ4v) is 3.83. The Balaban J connectivity index is 1.79. The molecule has 0 bridgehead atoms. The summed E-state index contributed by atoms with van der Waals surface area (Å²) < 4.78 is 85.3. The molecular formula is C25H18F6N2O2. The lowest BCUT2D eigenvalue weighted by atomic mass is 9.96. The van der Waals surface area contributed by atoms with E-state index >= 15 is 0 Å². The second-order valence-electron chi connectivity index (χ2n) is 7.94.